The number of thioether (sulfide) groups is 2. The number of rotatable bonds is 6. The van der Waals surface area contributed by atoms with E-state index in [0.717, 1.165) is 6.54 Å². The molecule has 1 saturated heterocycles. The Morgan fingerprint density at radius 3 is 2.56 bits per heavy atom. The van der Waals surface area contributed by atoms with Crippen molar-refractivity contribution in [3.8, 4) is 0 Å². The molecule has 18 heavy (non-hydrogen) atoms. The van der Waals surface area contributed by atoms with Crippen molar-refractivity contribution < 1.29 is 0 Å². The Kier molecular flexibility index (Phi) is 6.36. The van der Waals surface area contributed by atoms with E-state index in [0.29, 0.717) is 11.5 Å². The molecular formula is C14H30N2S2. The first kappa shape index (κ1) is 16.7. The first-order valence-corrected chi connectivity index (χ1v) is 9.41. The molecule has 0 bridgehead atoms. The van der Waals surface area contributed by atoms with Crippen LogP contribution in [0.15, 0.2) is 0 Å². The predicted molar refractivity (Wildman–Crippen MR) is 87.7 cm³/mol. The summed E-state index contributed by atoms with van der Waals surface area (Å²) in [7, 11) is 2.28. The lowest BCUT2D eigenvalue weighted by atomic mass is 9.78. The van der Waals surface area contributed by atoms with Crippen molar-refractivity contribution in [2.45, 2.75) is 45.2 Å². The van der Waals surface area contributed by atoms with Crippen molar-refractivity contribution in [3.63, 3.8) is 0 Å². The highest BCUT2D eigenvalue weighted by molar-refractivity contribution is 7.99. The van der Waals surface area contributed by atoms with E-state index in [-0.39, 0.29) is 5.54 Å². The van der Waals surface area contributed by atoms with Gasteiger partial charge in [0, 0.05) is 23.9 Å². The van der Waals surface area contributed by atoms with E-state index in [1.165, 1.54) is 30.1 Å². The van der Waals surface area contributed by atoms with Gasteiger partial charge in [0.1, 0.15) is 0 Å². The first-order chi connectivity index (χ1) is 8.37. The molecule has 1 heterocycles. The van der Waals surface area contributed by atoms with Crippen LogP contribution in [0.3, 0.4) is 0 Å². The molecule has 0 saturated carbocycles. The summed E-state index contributed by atoms with van der Waals surface area (Å²) in [4.78, 5) is 2.57. The van der Waals surface area contributed by atoms with Gasteiger partial charge in [0.25, 0.3) is 0 Å². The van der Waals surface area contributed by atoms with E-state index < -0.39 is 0 Å². The first-order valence-electron chi connectivity index (χ1n) is 6.86. The summed E-state index contributed by atoms with van der Waals surface area (Å²) < 4.78 is 0. The number of hydrogen-bond acceptors (Lipinski definition) is 4. The zero-order chi connectivity index (χ0) is 13.8. The fraction of sp³-hybridized carbons (Fsp3) is 1.00. The van der Waals surface area contributed by atoms with E-state index in [1.54, 1.807) is 0 Å². The molecule has 4 heteroatoms. The largest absolute Gasteiger partial charge is 0.329 e. The molecule has 0 aliphatic carbocycles. The van der Waals surface area contributed by atoms with Gasteiger partial charge in [-0.3, -0.25) is 4.90 Å². The average Bonchev–Trinajstić information content (AvgIpc) is 2.33. The molecule has 0 amide bonds. The number of nitrogens with zero attached hydrogens (tertiary/aromatic N) is 1. The van der Waals surface area contributed by atoms with Gasteiger partial charge in [-0.25, -0.2) is 0 Å². The van der Waals surface area contributed by atoms with Crippen LogP contribution in [0.1, 0.15) is 33.6 Å². The molecule has 1 aliphatic rings. The molecule has 0 aromatic heterocycles. The highest BCUT2D eigenvalue weighted by Gasteiger charge is 2.43. The Morgan fingerprint density at radius 2 is 2.06 bits per heavy atom. The average molecular weight is 291 g/mol. The van der Waals surface area contributed by atoms with Gasteiger partial charge in [-0.05, 0) is 50.0 Å². The highest BCUT2D eigenvalue weighted by atomic mass is 32.2. The molecule has 108 valence electrons. The predicted octanol–water partition coefficient (Wildman–Crippen LogP) is 2.92. The summed E-state index contributed by atoms with van der Waals surface area (Å²) in [5.41, 5.74) is 6.78. The van der Waals surface area contributed by atoms with Crippen LogP contribution in [-0.4, -0.2) is 53.6 Å². The van der Waals surface area contributed by atoms with Crippen LogP contribution in [0.4, 0.5) is 0 Å². The third-order valence-electron chi connectivity index (χ3n) is 4.20. The van der Waals surface area contributed by atoms with Gasteiger partial charge in [0.05, 0.1) is 0 Å². The van der Waals surface area contributed by atoms with Gasteiger partial charge in [-0.15, -0.1) is 0 Å². The van der Waals surface area contributed by atoms with Gasteiger partial charge < -0.3 is 5.73 Å². The highest BCUT2D eigenvalue weighted by Crippen LogP contribution is 2.42. The van der Waals surface area contributed by atoms with E-state index >= 15 is 0 Å². The Labute approximate surface area is 122 Å². The SMILES string of the molecule is CSCCC(C)N(C)C1(CN)CSCC(C)(C)C1. The number of likely N-dealkylation sites (N-methyl/N-ethyl adjacent to an activating group) is 1. The van der Waals surface area contributed by atoms with Crippen molar-refractivity contribution in [2.24, 2.45) is 11.1 Å². The summed E-state index contributed by atoms with van der Waals surface area (Å²) >= 11 is 4.01. The van der Waals surface area contributed by atoms with E-state index in [9.17, 15) is 0 Å². The van der Waals surface area contributed by atoms with Gasteiger partial charge in [-0.1, -0.05) is 13.8 Å². The van der Waals surface area contributed by atoms with Crippen LogP contribution in [-0.2, 0) is 0 Å². The van der Waals surface area contributed by atoms with Crippen molar-refractivity contribution in [2.75, 3.05) is 37.1 Å². The van der Waals surface area contributed by atoms with E-state index in [1.807, 2.05) is 11.8 Å². The van der Waals surface area contributed by atoms with E-state index in [2.05, 4.69) is 50.7 Å². The summed E-state index contributed by atoms with van der Waals surface area (Å²) in [5.74, 6) is 3.69. The minimum absolute atomic E-state index is 0.199. The maximum Gasteiger partial charge on any atom is 0.0427 e. The molecular weight excluding hydrogens is 260 g/mol. The molecule has 0 spiro atoms. The Morgan fingerprint density at radius 1 is 1.39 bits per heavy atom. The lowest BCUT2D eigenvalue weighted by molar-refractivity contribution is 0.0601. The van der Waals surface area contributed by atoms with Gasteiger partial charge in [0.2, 0.25) is 0 Å². The normalized spacial score (nSPS) is 29.5. The van der Waals surface area contributed by atoms with Gasteiger partial charge in [0.15, 0.2) is 0 Å². The summed E-state index contributed by atoms with van der Waals surface area (Å²) in [6.45, 7) is 7.89. The number of nitrogens with two attached hydrogens (primary N) is 1. The van der Waals surface area contributed by atoms with Crippen molar-refractivity contribution >= 4 is 23.5 Å². The second kappa shape index (κ2) is 6.87. The quantitative estimate of drug-likeness (QED) is 0.814. The monoisotopic (exact) mass is 290 g/mol. The van der Waals surface area contributed by atoms with Gasteiger partial charge in [-0.2, -0.15) is 23.5 Å². The zero-order valence-electron chi connectivity index (χ0n) is 12.7. The molecule has 1 aliphatic heterocycles. The second-order valence-corrected chi connectivity index (χ2v) is 8.47. The van der Waals surface area contributed by atoms with Gasteiger partial charge >= 0.3 is 0 Å². The second-order valence-electron chi connectivity index (χ2n) is 6.50. The third-order valence-corrected chi connectivity index (χ3v) is 6.57. The molecule has 1 fully saturated rings. The lowest BCUT2D eigenvalue weighted by Crippen LogP contribution is -2.61. The molecule has 1 rings (SSSR count). The third kappa shape index (κ3) is 4.06. The topological polar surface area (TPSA) is 29.3 Å². The van der Waals surface area contributed by atoms with Crippen LogP contribution < -0.4 is 5.73 Å². The fourth-order valence-electron chi connectivity index (χ4n) is 2.96. The minimum Gasteiger partial charge on any atom is -0.329 e. The van der Waals surface area contributed by atoms with Crippen molar-refractivity contribution in [1.29, 1.82) is 0 Å². The minimum atomic E-state index is 0.199. The zero-order valence-corrected chi connectivity index (χ0v) is 14.3. The Bertz CT molecular complexity index is 258. The molecule has 2 N–H and O–H groups in total. The Hall–Kier alpha value is 0.620. The fourth-order valence-corrected chi connectivity index (χ4v) is 5.10. The van der Waals surface area contributed by atoms with E-state index in [4.69, 9.17) is 5.73 Å². The molecule has 0 radical (unpaired) electrons. The maximum absolute atomic E-state index is 6.17. The standard InChI is InChI=1S/C14H30N2S2/c1-12(6-7-17-5)16(4)14(9-15)8-13(2,3)10-18-11-14/h12H,6-11,15H2,1-5H3. The van der Waals surface area contributed by atoms with Crippen LogP contribution >= 0.6 is 23.5 Å². The molecule has 0 aromatic carbocycles. The lowest BCUT2D eigenvalue weighted by Gasteiger charge is -2.51. The van der Waals surface area contributed by atoms with Crippen molar-refractivity contribution in [3.05, 3.63) is 0 Å². The maximum atomic E-state index is 6.17. The van der Waals surface area contributed by atoms with Crippen LogP contribution in [0, 0.1) is 5.41 Å². The molecule has 0 aromatic rings. The van der Waals surface area contributed by atoms with Crippen LogP contribution in [0.5, 0.6) is 0 Å². The molecule has 2 nitrogen and oxygen atoms in total. The Balaban J connectivity index is 2.73. The van der Waals surface area contributed by atoms with Crippen LogP contribution in [0.2, 0.25) is 0 Å². The summed E-state index contributed by atoms with van der Waals surface area (Å²) in [6, 6.07) is 0.621. The molecule has 2 unspecified atom stereocenters. The summed E-state index contributed by atoms with van der Waals surface area (Å²) in [6.07, 6.45) is 4.67. The molecule has 2 atom stereocenters. The summed E-state index contributed by atoms with van der Waals surface area (Å²) in [5, 5.41) is 0. The van der Waals surface area contributed by atoms with Crippen molar-refractivity contribution in [1.82, 2.24) is 4.90 Å². The van der Waals surface area contributed by atoms with Crippen LogP contribution in [0.25, 0.3) is 0 Å². The smallest absolute Gasteiger partial charge is 0.0427 e. The number of hydrogen-bond donors (Lipinski definition) is 1.